The van der Waals surface area contributed by atoms with Crippen LogP contribution in [0.4, 0.5) is 0 Å². The van der Waals surface area contributed by atoms with Gasteiger partial charge >= 0.3 is 0 Å². The molecule has 0 N–H and O–H groups in total. The van der Waals surface area contributed by atoms with E-state index >= 15 is 0 Å². The zero-order chi connectivity index (χ0) is 20.4. The lowest BCUT2D eigenvalue weighted by molar-refractivity contribution is -0.142. The number of hydrogen-bond acceptors (Lipinski definition) is 4. The molecule has 1 aromatic carbocycles. The third kappa shape index (κ3) is 4.23. The van der Waals surface area contributed by atoms with Crippen LogP contribution in [0.3, 0.4) is 0 Å². The van der Waals surface area contributed by atoms with Crippen molar-refractivity contribution in [2.75, 3.05) is 33.5 Å². The molecule has 1 unspecified atom stereocenters. The Labute approximate surface area is 172 Å². The summed E-state index contributed by atoms with van der Waals surface area (Å²) < 4.78 is 13.2. The lowest BCUT2D eigenvalue weighted by Gasteiger charge is -2.37. The lowest BCUT2D eigenvalue weighted by atomic mass is 9.98. The van der Waals surface area contributed by atoms with Gasteiger partial charge in [-0.2, -0.15) is 5.10 Å². The van der Waals surface area contributed by atoms with E-state index in [0.29, 0.717) is 32.8 Å². The number of benzene rings is 1. The predicted molar refractivity (Wildman–Crippen MR) is 111 cm³/mol. The normalized spacial score (nSPS) is 20.7. The monoisotopic (exact) mass is 397 g/mol. The van der Waals surface area contributed by atoms with Crippen molar-refractivity contribution in [1.82, 2.24) is 14.7 Å². The highest BCUT2D eigenvalue weighted by atomic mass is 16.5. The van der Waals surface area contributed by atoms with E-state index in [9.17, 15) is 4.79 Å². The van der Waals surface area contributed by atoms with Crippen molar-refractivity contribution in [1.29, 1.82) is 0 Å². The molecule has 0 spiro atoms. The average Bonchev–Trinajstić information content (AvgIpc) is 3.41. The molecule has 1 aromatic heterocycles. The molecule has 2 heterocycles. The molecule has 0 bridgehead atoms. The molecule has 0 radical (unpaired) electrons. The molecule has 1 atom stereocenters. The zero-order valence-corrected chi connectivity index (χ0v) is 17.7. The van der Waals surface area contributed by atoms with E-state index in [-0.39, 0.29) is 17.4 Å². The number of aromatic nitrogens is 2. The molecule has 6 heteroatoms. The van der Waals surface area contributed by atoms with Gasteiger partial charge in [0, 0.05) is 36.7 Å². The van der Waals surface area contributed by atoms with E-state index in [1.54, 1.807) is 7.11 Å². The van der Waals surface area contributed by atoms with Crippen molar-refractivity contribution >= 4 is 5.91 Å². The van der Waals surface area contributed by atoms with Gasteiger partial charge in [0.15, 0.2) is 0 Å². The van der Waals surface area contributed by atoms with Crippen molar-refractivity contribution in [3.8, 4) is 0 Å². The van der Waals surface area contributed by atoms with Crippen molar-refractivity contribution in [3.05, 3.63) is 52.8 Å². The number of hydrogen-bond donors (Lipinski definition) is 0. The topological polar surface area (TPSA) is 56.6 Å². The minimum Gasteiger partial charge on any atom is -0.384 e. The van der Waals surface area contributed by atoms with E-state index < -0.39 is 0 Å². The molecule has 2 fully saturated rings. The van der Waals surface area contributed by atoms with Crippen LogP contribution in [0.25, 0.3) is 0 Å². The number of methoxy groups -OCH3 is 1. The Morgan fingerprint density at radius 1 is 1.28 bits per heavy atom. The van der Waals surface area contributed by atoms with E-state index in [4.69, 9.17) is 14.6 Å². The van der Waals surface area contributed by atoms with Gasteiger partial charge in [0.1, 0.15) is 0 Å². The third-order valence-electron chi connectivity index (χ3n) is 6.33. The van der Waals surface area contributed by atoms with Crippen molar-refractivity contribution in [2.24, 2.45) is 5.41 Å². The van der Waals surface area contributed by atoms with E-state index in [0.717, 1.165) is 36.3 Å². The summed E-state index contributed by atoms with van der Waals surface area (Å²) in [4.78, 5) is 15.2. The van der Waals surface area contributed by atoms with Gasteiger partial charge in [-0.1, -0.05) is 30.3 Å². The van der Waals surface area contributed by atoms with Crippen molar-refractivity contribution in [3.63, 3.8) is 0 Å². The van der Waals surface area contributed by atoms with Gasteiger partial charge in [-0.05, 0) is 32.3 Å². The van der Waals surface area contributed by atoms with Gasteiger partial charge < -0.3 is 14.4 Å². The summed E-state index contributed by atoms with van der Waals surface area (Å²) in [5.74, 6) is 0.211. The molecule has 156 valence electrons. The number of aryl methyl sites for hydroxylation is 1. The Morgan fingerprint density at radius 3 is 2.72 bits per heavy atom. The molecule has 2 aromatic rings. The number of ether oxygens (including phenoxy) is 2. The first-order valence-electron chi connectivity index (χ1n) is 10.5. The van der Waals surface area contributed by atoms with Crippen molar-refractivity contribution in [2.45, 2.75) is 45.7 Å². The van der Waals surface area contributed by atoms with Gasteiger partial charge in [-0.15, -0.1) is 0 Å². The van der Waals surface area contributed by atoms with Crippen LogP contribution in [0.5, 0.6) is 0 Å². The minimum absolute atomic E-state index is 0.0519. The number of carbonyl (C=O) groups is 1. The fraction of sp³-hybridized carbons (Fsp3) is 0.565. The highest BCUT2D eigenvalue weighted by Gasteiger charge is 2.46. The lowest BCUT2D eigenvalue weighted by Crippen LogP contribution is -2.44. The van der Waals surface area contributed by atoms with E-state index in [1.807, 2.05) is 34.7 Å². The molecule has 2 aliphatic rings. The summed E-state index contributed by atoms with van der Waals surface area (Å²) in [7, 11) is 1.72. The van der Waals surface area contributed by atoms with Gasteiger partial charge in [0.25, 0.3) is 0 Å². The number of morpholine rings is 1. The molecule has 4 rings (SSSR count). The van der Waals surface area contributed by atoms with Crippen LogP contribution in [0.1, 0.15) is 47.8 Å². The van der Waals surface area contributed by atoms with E-state index in [2.05, 4.69) is 19.1 Å². The highest BCUT2D eigenvalue weighted by Crippen LogP contribution is 2.49. The summed E-state index contributed by atoms with van der Waals surface area (Å²) in [6.45, 7) is 7.29. The first-order chi connectivity index (χ1) is 14.0. The number of nitrogens with zero attached hydrogens (tertiary/aromatic N) is 3. The maximum absolute atomic E-state index is 13.2. The molecule has 6 nitrogen and oxygen atoms in total. The van der Waals surface area contributed by atoms with E-state index in [1.165, 1.54) is 5.56 Å². The van der Waals surface area contributed by atoms with Gasteiger partial charge in [-0.3, -0.25) is 9.48 Å². The largest absolute Gasteiger partial charge is 0.384 e. The second kappa shape index (κ2) is 8.28. The first-order valence-corrected chi connectivity index (χ1v) is 10.5. The van der Waals surface area contributed by atoms with Crippen LogP contribution in [0.2, 0.25) is 0 Å². The van der Waals surface area contributed by atoms with Crippen LogP contribution in [-0.2, 0) is 20.8 Å². The molecule has 1 aliphatic carbocycles. The molecule has 1 amide bonds. The number of carbonyl (C=O) groups excluding carboxylic acids is 1. The Hall–Kier alpha value is -2.18. The van der Waals surface area contributed by atoms with Crippen LogP contribution in [0.15, 0.2) is 30.3 Å². The third-order valence-corrected chi connectivity index (χ3v) is 6.33. The summed E-state index contributed by atoms with van der Waals surface area (Å²) in [6, 6.07) is 10.3. The van der Waals surface area contributed by atoms with Gasteiger partial charge in [0.2, 0.25) is 5.91 Å². The second-order valence-corrected chi connectivity index (χ2v) is 8.52. The molecular weight excluding hydrogens is 366 g/mol. The standard InChI is InChI=1S/C23H31N3O3/c1-17-22(18(2)26(24-17)14-19-7-5-4-6-8-19)20-15-29-12-11-25(20)21(27)13-23(9-10-23)16-28-3/h4-8,20H,9-16H2,1-3H3. The Kier molecular flexibility index (Phi) is 5.74. The number of amides is 1. The van der Waals surface area contributed by atoms with Crippen LogP contribution in [-0.4, -0.2) is 54.1 Å². The molecule has 1 aliphatic heterocycles. The average molecular weight is 398 g/mol. The highest BCUT2D eigenvalue weighted by molar-refractivity contribution is 5.78. The summed E-state index contributed by atoms with van der Waals surface area (Å²) in [5, 5.41) is 4.79. The maximum atomic E-state index is 13.2. The van der Waals surface area contributed by atoms with Crippen LogP contribution in [0, 0.1) is 19.3 Å². The Balaban J connectivity index is 1.56. The Bertz CT molecular complexity index is 858. The number of rotatable bonds is 7. The van der Waals surface area contributed by atoms with Gasteiger partial charge in [-0.25, -0.2) is 0 Å². The fourth-order valence-electron chi connectivity index (χ4n) is 4.52. The summed E-state index contributed by atoms with van der Waals surface area (Å²) >= 11 is 0. The smallest absolute Gasteiger partial charge is 0.223 e. The molecule has 1 saturated heterocycles. The fourth-order valence-corrected chi connectivity index (χ4v) is 4.52. The molecule has 29 heavy (non-hydrogen) atoms. The summed E-state index contributed by atoms with van der Waals surface area (Å²) in [6.07, 6.45) is 2.72. The minimum atomic E-state index is -0.0703. The molecular formula is C23H31N3O3. The maximum Gasteiger partial charge on any atom is 0.223 e. The second-order valence-electron chi connectivity index (χ2n) is 8.52. The quantitative estimate of drug-likeness (QED) is 0.720. The van der Waals surface area contributed by atoms with Crippen molar-refractivity contribution < 1.29 is 14.3 Å². The van der Waals surface area contributed by atoms with Crippen LogP contribution < -0.4 is 0 Å². The SMILES string of the molecule is COCC1(CC(=O)N2CCOCC2c2c(C)nn(Cc3ccccc3)c2C)CC1. The van der Waals surface area contributed by atoms with Gasteiger partial charge in [0.05, 0.1) is 38.1 Å². The Morgan fingerprint density at radius 2 is 2.03 bits per heavy atom. The zero-order valence-electron chi connectivity index (χ0n) is 17.7. The first kappa shape index (κ1) is 20.1. The predicted octanol–water partition coefficient (Wildman–Crippen LogP) is 3.26. The molecule has 1 saturated carbocycles. The van der Waals surface area contributed by atoms with Crippen LogP contribution >= 0.6 is 0 Å². The summed E-state index contributed by atoms with van der Waals surface area (Å²) in [5.41, 5.74) is 4.48.